The summed E-state index contributed by atoms with van der Waals surface area (Å²) in [4.78, 5) is 2.25. The number of aryl methyl sites for hydroxylation is 2. The number of aliphatic hydroxyl groups is 1. The van der Waals surface area contributed by atoms with Gasteiger partial charge in [-0.25, -0.2) is 0 Å². The van der Waals surface area contributed by atoms with Gasteiger partial charge in [0.1, 0.15) is 0 Å². The number of aromatic nitrogens is 2. The van der Waals surface area contributed by atoms with E-state index in [1.54, 1.807) is 0 Å². The molecule has 0 spiro atoms. The highest BCUT2D eigenvalue weighted by Crippen LogP contribution is 2.31. The molecule has 0 amide bonds. The summed E-state index contributed by atoms with van der Waals surface area (Å²) >= 11 is 0. The van der Waals surface area contributed by atoms with Crippen molar-refractivity contribution in [2.75, 3.05) is 7.05 Å². The van der Waals surface area contributed by atoms with Gasteiger partial charge in [-0.1, -0.05) is 24.3 Å². The molecular formula is C17H23N3O. The van der Waals surface area contributed by atoms with Gasteiger partial charge in [0.15, 0.2) is 0 Å². The van der Waals surface area contributed by atoms with E-state index in [1.165, 1.54) is 11.1 Å². The van der Waals surface area contributed by atoms with Crippen LogP contribution in [0.3, 0.4) is 0 Å². The molecule has 0 radical (unpaired) electrons. The van der Waals surface area contributed by atoms with Crippen LogP contribution in [0.4, 0.5) is 0 Å². The normalized spacial score (nSPS) is 22.1. The summed E-state index contributed by atoms with van der Waals surface area (Å²) in [6.07, 6.45) is 6.72. The minimum absolute atomic E-state index is 0.161. The van der Waals surface area contributed by atoms with Crippen LogP contribution in [0.1, 0.15) is 35.6 Å². The molecule has 2 aromatic rings. The molecule has 0 saturated carbocycles. The smallest absolute Gasteiger partial charge is 0.0947 e. The van der Waals surface area contributed by atoms with Gasteiger partial charge in [-0.05, 0) is 37.4 Å². The van der Waals surface area contributed by atoms with Crippen LogP contribution in [0.2, 0.25) is 0 Å². The fraction of sp³-hybridized carbons (Fsp3) is 0.471. The zero-order chi connectivity index (χ0) is 14.8. The topological polar surface area (TPSA) is 41.3 Å². The van der Waals surface area contributed by atoms with Crippen LogP contribution >= 0.6 is 0 Å². The molecular weight excluding hydrogens is 262 g/mol. The first-order chi connectivity index (χ1) is 10.1. The second kappa shape index (κ2) is 6.00. The van der Waals surface area contributed by atoms with Crippen LogP contribution < -0.4 is 0 Å². The standard InChI is InChI=1S/C17H23N3O/c1-19(11-13-10-18-20(2)12-13)16-9-5-7-14-6-3-4-8-15(14)17(16)21/h3-4,6,8,10,12,16-17,21H,5,7,9,11H2,1-2H3. The highest BCUT2D eigenvalue weighted by Gasteiger charge is 2.28. The van der Waals surface area contributed by atoms with Gasteiger partial charge < -0.3 is 5.11 Å². The highest BCUT2D eigenvalue weighted by molar-refractivity contribution is 5.31. The molecule has 3 rings (SSSR count). The van der Waals surface area contributed by atoms with E-state index >= 15 is 0 Å². The van der Waals surface area contributed by atoms with E-state index in [-0.39, 0.29) is 6.04 Å². The van der Waals surface area contributed by atoms with E-state index in [4.69, 9.17) is 0 Å². The number of hydrogen-bond donors (Lipinski definition) is 1. The van der Waals surface area contributed by atoms with Crippen molar-refractivity contribution in [1.82, 2.24) is 14.7 Å². The molecule has 1 aromatic carbocycles. The highest BCUT2D eigenvalue weighted by atomic mass is 16.3. The van der Waals surface area contributed by atoms with Crippen LogP contribution in [0, 0.1) is 0 Å². The molecule has 4 heteroatoms. The molecule has 2 atom stereocenters. The minimum Gasteiger partial charge on any atom is -0.387 e. The Morgan fingerprint density at radius 2 is 2.19 bits per heavy atom. The molecule has 1 heterocycles. The predicted octanol–water partition coefficient (Wildman–Crippen LogP) is 2.29. The summed E-state index contributed by atoms with van der Waals surface area (Å²) in [5.74, 6) is 0. The van der Waals surface area contributed by atoms with E-state index in [9.17, 15) is 5.11 Å². The van der Waals surface area contributed by atoms with Gasteiger partial charge in [0.2, 0.25) is 0 Å². The lowest BCUT2D eigenvalue weighted by Crippen LogP contribution is -2.36. The maximum atomic E-state index is 10.8. The predicted molar refractivity (Wildman–Crippen MR) is 82.8 cm³/mol. The minimum atomic E-state index is -0.412. The molecule has 0 fully saturated rings. The van der Waals surface area contributed by atoms with Gasteiger partial charge in [-0.15, -0.1) is 0 Å². The molecule has 21 heavy (non-hydrogen) atoms. The number of nitrogens with zero attached hydrogens (tertiary/aromatic N) is 3. The molecule has 1 N–H and O–H groups in total. The zero-order valence-electron chi connectivity index (χ0n) is 12.7. The first-order valence-electron chi connectivity index (χ1n) is 7.59. The average Bonchev–Trinajstić information content (AvgIpc) is 2.80. The Morgan fingerprint density at radius 3 is 2.95 bits per heavy atom. The van der Waals surface area contributed by atoms with Gasteiger partial charge >= 0.3 is 0 Å². The molecule has 0 aliphatic heterocycles. The van der Waals surface area contributed by atoms with E-state index in [2.05, 4.69) is 35.2 Å². The summed E-state index contributed by atoms with van der Waals surface area (Å²) in [5.41, 5.74) is 3.57. The monoisotopic (exact) mass is 285 g/mol. The first kappa shape index (κ1) is 14.3. The number of fused-ring (bicyclic) bond motifs is 1. The van der Waals surface area contributed by atoms with Gasteiger partial charge in [0.05, 0.1) is 12.3 Å². The van der Waals surface area contributed by atoms with Crippen molar-refractivity contribution in [3.05, 3.63) is 53.3 Å². The Morgan fingerprint density at radius 1 is 1.38 bits per heavy atom. The summed E-state index contributed by atoms with van der Waals surface area (Å²) in [7, 11) is 4.02. The number of likely N-dealkylation sites (N-methyl/N-ethyl adjacent to an activating group) is 1. The van der Waals surface area contributed by atoms with Crippen LogP contribution in [0.25, 0.3) is 0 Å². The third-order valence-corrected chi connectivity index (χ3v) is 4.44. The van der Waals surface area contributed by atoms with E-state index in [0.717, 1.165) is 31.4 Å². The van der Waals surface area contributed by atoms with E-state index in [1.807, 2.05) is 30.2 Å². The van der Waals surface area contributed by atoms with Crippen LogP contribution in [-0.4, -0.2) is 32.9 Å². The molecule has 1 aliphatic rings. The van der Waals surface area contributed by atoms with Crippen molar-refractivity contribution in [2.24, 2.45) is 7.05 Å². The molecule has 0 saturated heterocycles. The number of rotatable bonds is 3. The van der Waals surface area contributed by atoms with Crippen molar-refractivity contribution < 1.29 is 5.11 Å². The summed E-state index contributed by atoms with van der Waals surface area (Å²) in [6, 6.07) is 8.45. The Bertz CT molecular complexity index is 608. The lowest BCUT2D eigenvalue weighted by atomic mass is 9.98. The van der Waals surface area contributed by atoms with Crippen molar-refractivity contribution in [3.63, 3.8) is 0 Å². The van der Waals surface area contributed by atoms with Gasteiger partial charge in [-0.2, -0.15) is 5.10 Å². The lowest BCUT2D eigenvalue weighted by Gasteiger charge is -2.31. The largest absolute Gasteiger partial charge is 0.387 e. The number of aliphatic hydroxyl groups excluding tert-OH is 1. The summed E-state index contributed by atoms with van der Waals surface area (Å²) < 4.78 is 1.82. The van der Waals surface area contributed by atoms with Gasteiger partial charge in [0.25, 0.3) is 0 Å². The molecule has 1 aliphatic carbocycles. The quantitative estimate of drug-likeness (QED) is 0.880. The third kappa shape index (κ3) is 3.01. The number of hydrogen-bond acceptors (Lipinski definition) is 3. The Kier molecular flexibility index (Phi) is 4.08. The average molecular weight is 285 g/mol. The van der Waals surface area contributed by atoms with Crippen molar-refractivity contribution in [2.45, 2.75) is 38.0 Å². The Balaban J connectivity index is 1.78. The van der Waals surface area contributed by atoms with E-state index < -0.39 is 6.10 Å². The van der Waals surface area contributed by atoms with Gasteiger partial charge in [0, 0.05) is 31.4 Å². The SMILES string of the molecule is CN(Cc1cnn(C)c1)C1CCCc2ccccc2C1O. The van der Waals surface area contributed by atoms with E-state index in [0.29, 0.717) is 0 Å². The second-order valence-corrected chi connectivity index (χ2v) is 6.04. The Hall–Kier alpha value is -1.65. The summed E-state index contributed by atoms with van der Waals surface area (Å²) in [5, 5.41) is 15.0. The maximum Gasteiger partial charge on any atom is 0.0947 e. The molecule has 4 nitrogen and oxygen atoms in total. The fourth-order valence-corrected chi connectivity index (χ4v) is 3.34. The molecule has 112 valence electrons. The fourth-order valence-electron chi connectivity index (χ4n) is 3.34. The van der Waals surface area contributed by atoms with Gasteiger partial charge in [-0.3, -0.25) is 9.58 Å². The van der Waals surface area contributed by atoms with Crippen molar-refractivity contribution in [1.29, 1.82) is 0 Å². The number of benzene rings is 1. The lowest BCUT2D eigenvalue weighted by molar-refractivity contribution is 0.0554. The zero-order valence-corrected chi connectivity index (χ0v) is 12.7. The Labute approximate surface area is 126 Å². The second-order valence-electron chi connectivity index (χ2n) is 6.04. The van der Waals surface area contributed by atoms with Crippen LogP contribution in [0.5, 0.6) is 0 Å². The van der Waals surface area contributed by atoms with Crippen molar-refractivity contribution >= 4 is 0 Å². The maximum absolute atomic E-state index is 10.8. The first-order valence-corrected chi connectivity index (χ1v) is 7.59. The molecule has 0 bridgehead atoms. The molecule has 2 unspecified atom stereocenters. The summed E-state index contributed by atoms with van der Waals surface area (Å²) in [6.45, 7) is 0.817. The van der Waals surface area contributed by atoms with Crippen LogP contribution in [0.15, 0.2) is 36.7 Å². The molecule has 1 aromatic heterocycles. The third-order valence-electron chi connectivity index (χ3n) is 4.44. The van der Waals surface area contributed by atoms with Crippen LogP contribution in [-0.2, 0) is 20.0 Å². The van der Waals surface area contributed by atoms with Crippen molar-refractivity contribution in [3.8, 4) is 0 Å².